The third-order valence-electron chi connectivity index (χ3n) is 3.56. The van der Waals surface area contributed by atoms with Gasteiger partial charge < -0.3 is 10.4 Å². The standard InChI is InChI=1S/C13H19NOS/c1-14-12(13(9-15)7-8-13)10-3-5-11(16-2)6-4-10/h3-6,12,14-15H,7-9H2,1-2H3. The van der Waals surface area contributed by atoms with Gasteiger partial charge in [0.15, 0.2) is 0 Å². The number of rotatable bonds is 5. The van der Waals surface area contributed by atoms with Crippen LogP contribution in [0.4, 0.5) is 0 Å². The average Bonchev–Trinajstić information content (AvgIpc) is 3.12. The van der Waals surface area contributed by atoms with Gasteiger partial charge in [-0.3, -0.25) is 0 Å². The van der Waals surface area contributed by atoms with E-state index >= 15 is 0 Å². The predicted molar refractivity (Wildman–Crippen MR) is 68.8 cm³/mol. The summed E-state index contributed by atoms with van der Waals surface area (Å²) in [6.07, 6.45) is 4.33. The van der Waals surface area contributed by atoms with Crippen molar-refractivity contribution in [3.63, 3.8) is 0 Å². The Morgan fingerprint density at radius 2 is 2.00 bits per heavy atom. The molecule has 0 spiro atoms. The van der Waals surface area contributed by atoms with Crippen LogP contribution in [0.25, 0.3) is 0 Å². The number of aliphatic hydroxyl groups is 1. The van der Waals surface area contributed by atoms with Gasteiger partial charge in [-0.15, -0.1) is 11.8 Å². The highest BCUT2D eigenvalue weighted by atomic mass is 32.2. The molecule has 1 atom stereocenters. The molecule has 1 aromatic carbocycles. The maximum atomic E-state index is 9.48. The number of hydrogen-bond acceptors (Lipinski definition) is 3. The topological polar surface area (TPSA) is 32.3 Å². The molecule has 2 N–H and O–H groups in total. The lowest BCUT2D eigenvalue weighted by molar-refractivity contribution is 0.175. The molecule has 2 nitrogen and oxygen atoms in total. The molecule has 0 amide bonds. The number of aliphatic hydroxyl groups excluding tert-OH is 1. The van der Waals surface area contributed by atoms with Gasteiger partial charge >= 0.3 is 0 Å². The van der Waals surface area contributed by atoms with Crippen LogP contribution in [0.2, 0.25) is 0 Å². The predicted octanol–water partition coefficient (Wildman–Crippen LogP) is 2.44. The Bertz CT molecular complexity index is 345. The summed E-state index contributed by atoms with van der Waals surface area (Å²) < 4.78 is 0. The first-order valence-electron chi connectivity index (χ1n) is 5.68. The minimum Gasteiger partial charge on any atom is -0.396 e. The van der Waals surface area contributed by atoms with Crippen LogP contribution in [-0.2, 0) is 0 Å². The van der Waals surface area contributed by atoms with Crippen LogP contribution in [-0.4, -0.2) is 25.0 Å². The van der Waals surface area contributed by atoms with Gasteiger partial charge in [0.2, 0.25) is 0 Å². The molecule has 1 unspecified atom stereocenters. The molecular weight excluding hydrogens is 218 g/mol. The van der Waals surface area contributed by atoms with E-state index in [0.717, 1.165) is 12.8 Å². The summed E-state index contributed by atoms with van der Waals surface area (Å²) in [5.74, 6) is 0. The van der Waals surface area contributed by atoms with Gasteiger partial charge in [-0.1, -0.05) is 12.1 Å². The maximum absolute atomic E-state index is 9.48. The highest BCUT2D eigenvalue weighted by Gasteiger charge is 2.48. The average molecular weight is 237 g/mol. The number of hydrogen-bond donors (Lipinski definition) is 2. The molecule has 3 heteroatoms. The lowest BCUT2D eigenvalue weighted by atomic mass is 9.91. The highest BCUT2D eigenvalue weighted by molar-refractivity contribution is 7.98. The summed E-state index contributed by atoms with van der Waals surface area (Å²) in [6.45, 7) is 0.281. The summed E-state index contributed by atoms with van der Waals surface area (Å²) in [7, 11) is 1.98. The SMILES string of the molecule is CNC(c1ccc(SC)cc1)C1(CO)CC1. The zero-order valence-electron chi connectivity index (χ0n) is 9.86. The quantitative estimate of drug-likeness (QED) is 0.772. The monoisotopic (exact) mass is 237 g/mol. The molecule has 88 valence electrons. The zero-order chi connectivity index (χ0) is 11.6. The van der Waals surface area contributed by atoms with Crippen LogP contribution in [0, 0.1) is 5.41 Å². The van der Waals surface area contributed by atoms with Crippen molar-refractivity contribution in [2.45, 2.75) is 23.8 Å². The molecule has 16 heavy (non-hydrogen) atoms. The molecule has 0 saturated heterocycles. The lowest BCUT2D eigenvalue weighted by Gasteiger charge is -2.25. The minimum atomic E-state index is 0.0929. The molecule has 1 aromatic rings. The van der Waals surface area contributed by atoms with Gasteiger partial charge in [-0.05, 0) is 43.8 Å². The van der Waals surface area contributed by atoms with Crippen molar-refractivity contribution in [3.05, 3.63) is 29.8 Å². The summed E-state index contributed by atoms with van der Waals surface area (Å²) >= 11 is 1.76. The molecular formula is C13H19NOS. The van der Waals surface area contributed by atoms with Gasteiger partial charge in [0.05, 0.1) is 6.61 Å². The summed E-state index contributed by atoms with van der Waals surface area (Å²) in [5.41, 5.74) is 1.38. The van der Waals surface area contributed by atoms with E-state index in [0.29, 0.717) is 0 Å². The van der Waals surface area contributed by atoms with E-state index in [9.17, 15) is 5.11 Å². The summed E-state index contributed by atoms with van der Waals surface area (Å²) in [4.78, 5) is 1.28. The van der Waals surface area contributed by atoms with E-state index < -0.39 is 0 Å². The number of benzene rings is 1. The molecule has 0 aromatic heterocycles. The summed E-state index contributed by atoms with van der Waals surface area (Å²) in [5, 5.41) is 12.8. The number of thioether (sulfide) groups is 1. The Morgan fingerprint density at radius 3 is 2.38 bits per heavy atom. The first-order valence-corrected chi connectivity index (χ1v) is 6.90. The van der Waals surface area contributed by atoms with E-state index in [4.69, 9.17) is 0 Å². The van der Waals surface area contributed by atoms with Crippen molar-refractivity contribution >= 4 is 11.8 Å². The fourth-order valence-corrected chi connectivity index (χ4v) is 2.73. The van der Waals surface area contributed by atoms with Gasteiger partial charge in [-0.2, -0.15) is 0 Å². The molecule has 1 saturated carbocycles. The van der Waals surface area contributed by atoms with E-state index in [1.54, 1.807) is 11.8 Å². The molecule has 0 heterocycles. The molecule has 1 fully saturated rings. The molecule has 2 rings (SSSR count). The third kappa shape index (κ3) is 2.12. The van der Waals surface area contributed by atoms with Crippen molar-refractivity contribution < 1.29 is 5.11 Å². The van der Waals surface area contributed by atoms with Crippen LogP contribution in [0.3, 0.4) is 0 Å². The second-order valence-electron chi connectivity index (χ2n) is 4.52. The minimum absolute atomic E-state index is 0.0929. The van der Waals surface area contributed by atoms with Crippen LogP contribution in [0.15, 0.2) is 29.2 Å². The van der Waals surface area contributed by atoms with E-state index in [2.05, 4.69) is 35.8 Å². The third-order valence-corrected chi connectivity index (χ3v) is 4.30. The zero-order valence-corrected chi connectivity index (χ0v) is 10.7. The molecule has 1 aliphatic carbocycles. The fraction of sp³-hybridized carbons (Fsp3) is 0.538. The Balaban J connectivity index is 2.20. The summed E-state index contributed by atoms with van der Waals surface area (Å²) in [6, 6.07) is 8.93. The normalized spacial score (nSPS) is 19.4. The molecule has 1 aliphatic rings. The Morgan fingerprint density at radius 1 is 1.38 bits per heavy atom. The van der Waals surface area contributed by atoms with Crippen LogP contribution < -0.4 is 5.32 Å². The van der Waals surface area contributed by atoms with Crippen LogP contribution >= 0.6 is 11.8 Å². The maximum Gasteiger partial charge on any atom is 0.0505 e. The fourth-order valence-electron chi connectivity index (χ4n) is 2.32. The van der Waals surface area contributed by atoms with Crippen molar-refractivity contribution in [3.8, 4) is 0 Å². The molecule has 0 radical (unpaired) electrons. The second kappa shape index (κ2) is 4.78. The van der Waals surface area contributed by atoms with E-state index in [1.807, 2.05) is 7.05 Å². The first-order chi connectivity index (χ1) is 7.75. The lowest BCUT2D eigenvalue weighted by Crippen LogP contribution is -2.29. The Labute approximate surface area is 101 Å². The van der Waals surface area contributed by atoms with E-state index in [-0.39, 0.29) is 18.1 Å². The smallest absolute Gasteiger partial charge is 0.0505 e. The van der Waals surface area contributed by atoms with Crippen LogP contribution in [0.1, 0.15) is 24.4 Å². The molecule has 0 bridgehead atoms. The van der Waals surface area contributed by atoms with Gasteiger partial charge in [-0.25, -0.2) is 0 Å². The highest BCUT2D eigenvalue weighted by Crippen LogP contribution is 2.54. The van der Waals surface area contributed by atoms with E-state index in [1.165, 1.54) is 10.5 Å². The van der Waals surface area contributed by atoms with Crippen molar-refractivity contribution in [1.82, 2.24) is 5.32 Å². The van der Waals surface area contributed by atoms with Gasteiger partial charge in [0.1, 0.15) is 0 Å². The Hall–Kier alpha value is -0.510. The van der Waals surface area contributed by atoms with Crippen molar-refractivity contribution in [1.29, 1.82) is 0 Å². The van der Waals surface area contributed by atoms with Gasteiger partial charge in [0, 0.05) is 16.4 Å². The molecule has 0 aliphatic heterocycles. The van der Waals surface area contributed by atoms with Crippen LogP contribution in [0.5, 0.6) is 0 Å². The van der Waals surface area contributed by atoms with Crippen molar-refractivity contribution in [2.24, 2.45) is 5.41 Å². The largest absolute Gasteiger partial charge is 0.396 e. The van der Waals surface area contributed by atoms with Gasteiger partial charge in [0.25, 0.3) is 0 Å². The first kappa shape index (κ1) is 12.0. The Kier molecular flexibility index (Phi) is 3.57. The second-order valence-corrected chi connectivity index (χ2v) is 5.39. The van der Waals surface area contributed by atoms with Crippen molar-refractivity contribution in [2.75, 3.05) is 19.9 Å². The number of nitrogens with one attached hydrogen (secondary N) is 1.